The number of pyridine rings is 1. The average Bonchev–Trinajstić information content (AvgIpc) is 2.33. The molecule has 0 saturated heterocycles. The van der Waals surface area contributed by atoms with E-state index >= 15 is 0 Å². The van der Waals surface area contributed by atoms with Crippen LogP contribution >= 0.6 is 0 Å². The number of aromatic nitrogens is 1. The van der Waals surface area contributed by atoms with Crippen molar-refractivity contribution in [3.05, 3.63) is 24.0 Å². The van der Waals surface area contributed by atoms with E-state index < -0.39 is 5.97 Å². The number of aryl methyl sites for hydroxylation is 1. The maximum Gasteiger partial charge on any atom is 0.322 e. The molecule has 6 heteroatoms. The van der Waals surface area contributed by atoms with Crippen LogP contribution in [0.3, 0.4) is 0 Å². The summed E-state index contributed by atoms with van der Waals surface area (Å²) >= 11 is 0. The highest BCUT2D eigenvalue weighted by atomic mass is 16.4. The molecular weight excluding hydrogens is 258 g/mol. The van der Waals surface area contributed by atoms with Gasteiger partial charge in [-0.25, -0.2) is 4.79 Å². The molecule has 1 aromatic rings. The van der Waals surface area contributed by atoms with Crippen LogP contribution in [-0.2, 0) is 4.79 Å². The Balaban J connectivity index is 2.62. The highest BCUT2D eigenvalue weighted by molar-refractivity contribution is 5.89. The zero-order valence-corrected chi connectivity index (χ0v) is 12.1. The Hall–Kier alpha value is -2.11. The second kappa shape index (κ2) is 7.47. The first-order chi connectivity index (χ1) is 9.40. The van der Waals surface area contributed by atoms with Crippen LogP contribution in [-0.4, -0.2) is 39.6 Å². The second-order valence-corrected chi connectivity index (χ2v) is 4.97. The fourth-order valence-electron chi connectivity index (χ4n) is 1.81. The summed E-state index contributed by atoms with van der Waals surface area (Å²) in [5.74, 6) is -0.850. The molecule has 0 aliphatic rings. The summed E-state index contributed by atoms with van der Waals surface area (Å²) in [5, 5.41) is 11.4. The minimum Gasteiger partial charge on any atom is -0.481 e. The highest BCUT2D eigenvalue weighted by Crippen LogP contribution is 2.10. The van der Waals surface area contributed by atoms with Gasteiger partial charge in [-0.05, 0) is 38.8 Å². The summed E-state index contributed by atoms with van der Waals surface area (Å²) in [7, 11) is 0. The predicted octanol–water partition coefficient (Wildman–Crippen LogP) is 2.50. The molecule has 6 nitrogen and oxygen atoms in total. The summed E-state index contributed by atoms with van der Waals surface area (Å²) < 4.78 is 0. The number of hydrogen-bond donors (Lipinski definition) is 2. The van der Waals surface area contributed by atoms with Crippen LogP contribution in [0.5, 0.6) is 0 Å². The Morgan fingerprint density at radius 1 is 1.40 bits per heavy atom. The van der Waals surface area contributed by atoms with Crippen molar-refractivity contribution in [2.75, 3.05) is 11.9 Å². The van der Waals surface area contributed by atoms with Gasteiger partial charge in [0.25, 0.3) is 0 Å². The molecule has 20 heavy (non-hydrogen) atoms. The monoisotopic (exact) mass is 279 g/mol. The van der Waals surface area contributed by atoms with Crippen molar-refractivity contribution >= 4 is 17.7 Å². The smallest absolute Gasteiger partial charge is 0.322 e. The van der Waals surface area contributed by atoms with Crippen molar-refractivity contribution in [3.8, 4) is 0 Å². The van der Waals surface area contributed by atoms with E-state index in [0.717, 1.165) is 5.56 Å². The van der Waals surface area contributed by atoms with E-state index in [1.54, 1.807) is 17.3 Å². The number of carboxylic acids is 1. The lowest BCUT2D eigenvalue weighted by Gasteiger charge is -2.26. The average molecular weight is 279 g/mol. The SMILES string of the molecule is Cc1cncc(NC(=O)N(CCCC(=O)O)C(C)C)c1. The predicted molar refractivity (Wildman–Crippen MR) is 76.7 cm³/mol. The van der Waals surface area contributed by atoms with Crippen LogP contribution in [0.4, 0.5) is 10.5 Å². The molecule has 0 fully saturated rings. The zero-order chi connectivity index (χ0) is 15.1. The quantitative estimate of drug-likeness (QED) is 0.838. The van der Waals surface area contributed by atoms with Crippen LogP contribution in [0.1, 0.15) is 32.3 Å². The topological polar surface area (TPSA) is 82.5 Å². The molecule has 0 aliphatic carbocycles. The molecule has 0 spiro atoms. The van der Waals surface area contributed by atoms with Crippen LogP contribution in [0.2, 0.25) is 0 Å². The third-order valence-corrected chi connectivity index (χ3v) is 2.80. The fourth-order valence-corrected chi connectivity index (χ4v) is 1.81. The van der Waals surface area contributed by atoms with Gasteiger partial charge in [-0.15, -0.1) is 0 Å². The molecule has 0 radical (unpaired) electrons. The molecule has 2 amide bonds. The minimum atomic E-state index is -0.850. The summed E-state index contributed by atoms with van der Waals surface area (Å²) in [6, 6.07) is 1.60. The van der Waals surface area contributed by atoms with E-state index in [-0.39, 0.29) is 18.5 Å². The number of carbonyl (C=O) groups is 2. The number of nitrogens with zero attached hydrogens (tertiary/aromatic N) is 2. The number of aliphatic carboxylic acids is 1. The van der Waals surface area contributed by atoms with Gasteiger partial charge in [-0.2, -0.15) is 0 Å². The molecule has 2 N–H and O–H groups in total. The van der Waals surface area contributed by atoms with Crippen molar-refractivity contribution in [1.82, 2.24) is 9.88 Å². The molecule has 0 aromatic carbocycles. The van der Waals surface area contributed by atoms with Crippen LogP contribution in [0.15, 0.2) is 18.5 Å². The summed E-state index contributed by atoms with van der Waals surface area (Å²) in [6.45, 7) is 6.11. The third-order valence-electron chi connectivity index (χ3n) is 2.80. The van der Waals surface area contributed by atoms with E-state index in [2.05, 4.69) is 10.3 Å². The Labute approximate surface area is 118 Å². The fraction of sp³-hybridized carbons (Fsp3) is 0.500. The normalized spacial score (nSPS) is 10.4. The first kappa shape index (κ1) is 15.9. The van der Waals surface area contributed by atoms with E-state index in [1.807, 2.05) is 26.8 Å². The summed E-state index contributed by atoms with van der Waals surface area (Å²) in [4.78, 5) is 28.3. The van der Waals surface area contributed by atoms with Crippen molar-refractivity contribution in [3.63, 3.8) is 0 Å². The van der Waals surface area contributed by atoms with Crippen LogP contribution in [0, 0.1) is 6.92 Å². The second-order valence-electron chi connectivity index (χ2n) is 4.97. The van der Waals surface area contributed by atoms with Gasteiger partial charge in [0.15, 0.2) is 0 Å². The van der Waals surface area contributed by atoms with Gasteiger partial charge in [0.1, 0.15) is 0 Å². The van der Waals surface area contributed by atoms with Crippen molar-refractivity contribution in [1.29, 1.82) is 0 Å². The molecular formula is C14H21N3O3. The van der Waals surface area contributed by atoms with Gasteiger partial charge in [-0.1, -0.05) is 0 Å². The molecule has 1 heterocycles. The Morgan fingerprint density at radius 2 is 2.10 bits per heavy atom. The van der Waals surface area contributed by atoms with Crippen LogP contribution < -0.4 is 5.32 Å². The molecule has 1 aromatic heterocycles. The van der Waals surface area contributed by atoms with Crippen molar-refractivity contribution in [2.24, 2.45) is 0 Å². The van der Waals surface area contributed by atoms with E-state index in [9.17, 15) is 9.59 Å². The number of anilines is 1. The zero-order valence-electron chi connectivity index (χ0n) is 12.1. The van der Waals surface area contributed by atoms with Gasteiger partial charge >= 0.3 is 12.0 Å². The van der Waals surface area contributed by atoms with Crippen LogP contribution in [0.25, 0.3) is 0 Å². The highest BCUT2D eigenvalue weighted by Gasteiger charge is 2.17. The summed E-state index contributed by atoms with van der Waals surface area (Å²) in [5.41, 5.74) is 1.60. The van der Waals surface area contributed by atoms with Gasteiger partial charge in [0.05, 0.1) is 11.9 Å². The van der Waals surface area contributed by atoms with Gasteiger partial charge in [0, 0.05) is 25.2 Å². The lowest BCUT2D eigenvalue weighted by atomic mass is 10.2. The summed E-state index contributed by atoms with van der Waals surface area (Å²) in [6.07, 6.45) is 3.79. The first-order valence-corrected chi connectivity index (χ1v) is 6.61. The number of rotatable bonds is 6. The number of hydrogen-bond acceptors (Lipinski definition) is 3. The number of urea groups is 1. The Kier molecular flexibility index (Phi) is 5.96. The molecule has 0 aliphatic heterocycles. The third kappa shape index (κ3) is 5.26. The minimum absolute atomic E-state index is 0.00145. The van der Waals surface area contributed by atoms with Gasteiger partial charge < -0.3 is 15.3 Å². The van der Waals surface area contributed by atoms with E-state index in [0.29, 0.717) is 18.7 Å². The first-order valence-electron chi connectivity index (χ1n) is 6.61. The van der Waals surface area contributed by atoms with E-state index in [4.69, 9.17) is 5.11 Å². The molecule has 0 saturated carbocycles. The standard InChI is InChI=1S/C14H21N3O3/c1-10(2)17(6-4-5-13(18)19)14(20)16-12-7-11(3)8-15-9-12/h7-10H,4-6H2,1-3H3,(H,16,20)(H,18,19). The van der Waals surface area contributed by atoms with Crippen molar-refractivity contribution < 1.29 is 14.7 Å². The van der Waals surface area contributed by atoms with Crippen molar-refractivity contribution in [2.45, 2.75) is 39.7 Å². The Morgan fingerprint density at radius 3 is 2.65 bits per heavy atom. The van der Waals surface area contributed by atoms with E-state index in [1.165, 1.54) is 0 Å². The lowest BCUT2D eigenvalue weighted by molar-refractivity contribution is -0.137. The maximum absolute atomic E-state index is 12.2. The number of amides is 2. The molecule has 0 unspecified atom stereocenters. The number of nitrogens with one attached hydrogen (secondary N) is 1. The van der Waals surface area contributed by atoms with Gasteiger partial charge in [-0.3, -0.25) is 9.78 Å². The molecule has 1 rings (SSSR count). The molecule has 0 atom stereocenters. The largest absolute Gasteiger partial charge is 0.481 e. The maximum atomic E-state index is 12.2. The number of carbonyl (C=O) groups excluding carboxylic acids is 1. The number of carboxylic acid groups (broad SMARTS) is 1. The Bertz CT molecular complexity index is 474. The molecule has 0 bridgehead atoms. The van der Waals surface area contributed by atoms with Gasteiger partial charge in [0.2, 0.25) is 0 Å². The lowest BCUT2D eigenvalue weighted by Crippen LogP contribution is -2.40. The molecule has 110 valence electrons.